The molecule has 3 rings (SSSR count). The molecule has 0 aliphatic heterocycles. The summed E-state index contributed by atoms with van der Waals surface area (Å²) < 4.78 is 16.5. The van der Waals surface area contributed by atoms with Crippen molar-refractivity contribution in [3.63, 3.8) is 0 Å². The number of para-hydroxylation sites is 3. The molecule has 0 bridgehead atoms. The third kappa shape index (κ3) is 4.82. The van der Waals surface area contributed by atoms with Gasteiger partial charge in [-0.05, 0) is 30.7 Å². The highest BCUT2D eigenvalue weighted by Crippen LogP contribution is 2.33. The van der Waals surface area contributed by atoms with Gasteiger partial charge < -0.3 is 14.2 Å². The van der Waals surface area contributed by atoms with Gasteiger partial charge >= 0.3 is 6.09 Å². The molecule has 7 nitrogen and oxygen atoms in total. The monoisotopic (exact) mass is 389 g/mol. The molecule has 3 aromatic rings. The molecule has 0 N–H and O–H groups in total. The summed E-state index contributed by atoms with van der Waals surface area (Å²) in [5.74, 6) is 4.09. The van der Waals surface area contributed by atoms with Gasteiger partial charge in [-0.1, -0.05) is 36.3 Å². The topological polar surface area (TPSA) is 73.8 Å². The second-order valence-corrected chi connectivity index (χ2v) is 5.89. The average Bonchev–Trinajstić information content (AvgIpc) is 2.74. The van der Waals surface area contributed by atoms with Crippen molar-refractivity contribution in [3.8, 4) is 35.6 Å². The minimum atomic E-state index is -0.592. The second-order valence-electron chi connectivity index (χ2n) is 5.89. The first kappa shape index (κ1) is 19.7. The number of nitrogens with zero attached hydrogens (tertiary/aromatic N) is 3. The van der Waals surface area contributed by atoms with Gasteiger partial charge in [-0.15, -0.1) is 6.42 Å². The number of benzene rings is 2. The third-order valence-electron chi connectivity index (χ3n) is 3.94. The number of aromatic nitrogens is 2. The molecule has 29 heavy (non-hydrogen) atoms. The minimum Gasteiger partial charge on any atom is -0.452 e. The average molecular weight is 389 g/mol. The maximum Gasteiger partial charge on any atom is 0.414 e. The predicted molar refractivity (Wildman–Crippen MR) is 108 cm³/mol. The zero-order valence-electron chi connectivity index (χ0n) is 16.0. The summed E-state index contributed by atoms with van der Waals surface area (Å²) in [5.41, 5.74) is 1.43. The van der Waals surface area contributed by atoms with Crippen LogP contribution in [-0.4, -0.2) is 29.7 Å². The maximum atomic E-state index is 12.1. The lowest BCUT2D eigenvalue weighted by molar-refractivity contribution is 0.179. The van der Waals surface area contributed by atoms with E-state index in [0.717, 1.165) is 5.56 Å². The number of hydrogen-bond donors (Lipinski definition) is 0. The number of aryl methyl sites for hydroxylation is 1. The largest absolute Gasteiger partial charge is 0.452 e. The Hall–Kier alpha value is -4.05. The van der Waals surface area contributed by atoms with E-state index in [-0.39, 0.29) is 12.4 Å². The van der Waals surface area contributed by atoms with Crippen LogP contribution in [0.25, 0.3) is 0 Å². The Morgan fingerprint density at radius 3 is 2.31 bits per heavy atom. The molecule has 1 heterocycles. The summed E-state index contributed by atoms with van der Waals surface area (Å²) in [6.45, 7) is 1.97. The number of terminal acetylenes is 1. The Morgan fingerprint density at radius 2 is 1.66 bits per heavy atom. The molecule has 0 radical (unpaired) electrons. The molecule has 146 valence electrons. The molecule has 0 aliphatic carbocycles. The summed E-state index contributed by atoms with van der Waals surface area (Å²) >= 11 is 0. The van der Waals surface area contributed by atoms with Crippen LogP contribution in [0.5, 0.6) is 23.3 Å². The lowest BCUT2D eigenvalue weighted by Gasteiger charge is -2.21. The number of ether oxygens (including phenoxy) is 3. The van der Waals surface area contributed by atoms with Crippen LogP contribution in [0.4, 0.5) is 10.5 Å². The lowest BCUT2D eigenvalue weighted by Crippen LogP contribution is -2.31. The van der Waals surface area contributed by atoms with Gasteiger partial charge in [-0.25, -0.2) is 14.8 Å². The molecule has 0 saturated carbocycles. The van der Waals surface area contributed by atoms with Gasteiger partial charge in [0.25, 0.3) is 0 Å². The zero-order chi connectivity index (χ0) is 20.6. The van der Waals surface area contributed by atoms with E-state index in [9.17, 15) is 4.79 Å². The number of carbonyl (C=O) groups excluding carboxylic acids is 1. The van der Waals surface area contributed by atoms with Gasteiger partial charge in [-0.3, -0.25) is 4.90 Å². The van der Waals surface area contributed by atoms with E-state index in [1.165, 1.54) is 18.3 Å². The van der Waals surface area contributed by atoms with E-state index in [0.29, 0.717) is 23.1 Å². The highest BCUT2D eigenvalue weighted by Gasteiger charge is 2.20. The van der Waals surface area contributed by atoms with Crippen molar-refractivity contribution in [2.75, 3.05) is 18.6 Å². The number of carbonyl (C=O) groups is 1. The Kier molecular flexibility index (Phi) is 6.28. The maximum absolute atomic E-state index is 12.1. The van der Waals surface area contributed by atoms with Crippen molar-refractivity contribution in [3.05, 3.63) is 66.5 Å². The lowest BCUT2D eigenvalue weighted by atomic mass is 10.2. The van der Waals surface area contributed by atoms with E-state index in [1.807, 2.05) is 31.2 Å². The van der Waals surface area contributed by atoms with Gasteiger partial charge in [0.1, 0.15) is 12.1 Å². The molecule has 1 aromatic heterocycles. The minimum absolute atomic E-state index is 0.0263. The standard InChI is InChI=1S/C22H19N3O4/c1-4-13-25(22(26)27-3)17-10-6-8-12-19(17)29-21-14-20(23-15-24-21)28-18-11-7-5-9-16(18)2/h1,5-12,14-15H,13H2,2-3H3. The van der Waals surface area contributed by atoms with Crippen LogP contribution in [-0.2, 0) is 4.74 Å². The Labute approximate surface area is 168 Å². The van der Waals surface area contributed by atoms with E-state index in [4.69, 9.17) is 20.6 Å². The number of methoxy groups -OCH3 is 1. The van der Waals surface area contributed by atoms with E-state index in [1.54, 1.807) is 30.3 Å². The number of amides is 1. The van der Waals surface area contributed by atoms with Crippen molar-refractivity contribution in [2.45, 2.75) is 6.92 Å². The van der Waals surface area contributed by atoms with Crippen LogP contribution in [0.15, 0.2) is 60.9 Å². The molecular weight excluding hydrogens is 370 g/mol. The van der Waals surface area contributed by atoms with Crippen molar-refractivity contribution in [1.29, 1.82) is 0 Å². The van der Waals surface area contributed by atoms with Gasteiger partial charge in [-0.2, -0.15) is 0 Å². The van der Waals surface area contributed by atoms with Crippen LogP contribution in [0.3, 0.4) is 0 Å². The molecule has 0 saturated heterocycles. The van der Waals surface area contributed by atoms with E-state index < -0.39 is 6.09 Å². The zero-order valence-corrected chi connectivity index (χ0v) is 16.0. The number of rotatable bonds is 6. The molecular formula is C22H19N3O4. The highest BCUT2D eigenvalue weighted by atomic mass is 16.5. The first-order chi connectivity index (χ1) is 14.1. The van der Waals surface area contributed by atoms with Gasteiger partial charge in [0.2, 0.25) is 11.8 Å². The summed E-state index contributed by atoms with van der Waals surface area (Å²) in [6.07, 6.45) is 6.14. The van der Waals surface area contributed by atoms with Crippen LogP contribution < -0.4 is 14.4 Å². The van der Waals surface area contributed by atoms with Gasteiger partial charge in [0, 0.05) is 0 Å². The Bertz CT molecular complexity index is 1050. The molecule has 0 unspecified atom stereocenters. The van der Waals surface area contributed by atoms with Gasteiger partial charge in [0.15, 0.2) is 5.75 Å². The van der Waals surface area contributed by atoms with Crippen molar-refractivity contribution in [2.24, 2.45) is 0 Å². The molecule has 1 amide bonds. The molecule has 0 fully saturated rings. The van der Waals surface area contributed by atoms with Gasteiger partial charge in [0.05, 0.1) is 25.4 Å². The Morgan fingerprint density at radius 1 is 1.03 bits per heavy atom. The quantitative estimate of drug-likeness (QED) is 0.575. The van der Waals surface area contributed by atoms with Crippen molar-refractivity contribution >= 4 is 11.8 Å². The van der Waals surface area contributed by atoms with E-state index in [2.05, 4.69) is 15.9 Å². The summed E-state index contributed by atoms with van der Waals surface area (Å²) in [6, 6.07) is 16.1. The van der Waals surface area contributed by atoms with Crippen LogP contribution in [0.1, 0.15) is 5.56 Å². The SMILES string of the molecule is C#CCN(C(=O)OC)c1ccccc1Oc1cc(Oc2ccccc2C)ncn1. The first-order valence-corrected chi connectivity index (χ1v) is 8.73. The molecule has 0 spiro atoms. The summed E-state index contributed by atoms with van der Waals surface area (Å²) in [5, 5.41) is 0. The summed E-state index contributed by atoms with van der Waals surface area (Å²) in [4.78, 5) is 21.6. The molecule has 0 atom stereocenters. The smallest absolute Gasteiger partial charge is 0.414 e. The van der Waals surface area contributed by atoms with E-state index >= 15 is 0 Å². The number of hydrogen-bond acceptors (Lipinski definition) is 6. The van der Waals surface area contributed by atoms with Crippen LogP contribution in [0, 0.1) is 19.3 Å². The second kappa shape index (κ2) is 9.24. The molecule has 0 aliphatic rings. The molecule has 7 heteroatoms. The summed E-state index contributed by atoms with van der Waals surface area (Å²) in [7, 11) is 1.29. The fourth-order valence-corrected chi connectivity index (χ4v) is 2.55. The van der Waals surface area contributed by atoms with Crippen molar-refractivity contribution in [1.82, 2.24) is 9.97 Å². The number of anilines is 1. The van der Waals surface area contributed by atoms with Crippen molar-refractivity contribution < 1.29 is 19.0 Å². The molecule has 2 aromatic carbocycles. The fourth-order valence-electron chi connectivity index (χ4n) is 2.55. The fraction of sp³-hybridized carbons (Fsp3) is 0.136. The normalized spacial score (nSPS) is 9.97. The highest BCUT2D eigenvalue weighted by molar-refractivity contribution is 5.90. The van der Waals surface area contributed by atoms with Crippen LogP contribution >= 0.6 is 0 Å². The third-order valence-corrected chi connectivity index (χ3v) is 3.94. The predicted octanol–water partition coefficient (Wildman–Crippen LogP) is 4.58. The Balaban J connectivity index is 1.87. The van der Waals surface area contributed by atoms with Crippen LogP contribution in [0.2, 0.25) is 0 Å². The first-order valence-electron chi connectivity index (χ1n) is 8.73.